The molecule has 19 heavy (non-hydrogen) atoms. The van der Waals surface area contributed by atoms with Crippen molar-refractivity contribution in [3.8, 4) is 0 Å². The van der Waals surface area contributed by atoms with E-state index in [2.05, 4.69) is 5.32 Å². The maximum absolute atomic E-state index is 11.9. The van der Waals surface area contributed by atoms with Crippen LogP contribution in [0.25, 0.3) is 6.08 Å². The topological polar surface area (TPSA) is 75.6 Å². The number of carboxylic acids is 1. The van der Waals surface area contributed by atoms with Gasteiger partial charge in [0, 0.05) is 35.4 Å². The van der Waals surface area contributed by atoms with Crippen LogP contribution in [-0.2, 0) is 9.53 Å². The number of aliphatic carboxylic acids is 1. The van der Waals surface area contributed by atoms with E-state index in [4.69, 9.17) is 9.84 Å². The van der Waals surface area contributed by atoms with Gasteiger partial charge in [0.2, 0.25) is 0 Å². The second-order valence-electron chi connectivity index (χ2n) is 4.35. The van der Waals surface area contributed by atoms with Gasteiger partial charge in [-0.15, -0.1) is 11.3 Å². The molecule has 2 heterocycles. The van der Waals surface area contributed by atoms with Gasteiger partial charge in [-0.05, 0) is 18.6 Å². The molecule has 5 nitrogen and oxygen atoms in total. The highest BCUT2D eigenvalue weighted by atomic mass is 32.1. The first-order valence-electron chi connectivity index (χ1n) is 6.00. The Kier molecular flexibility index (Phi) is 4.70. The molecule has 1 aromatic rings. The average Bonchev–Trinajstić information content (AvgIpc) is 3.04. The third kappa shape index (κ3) is 4.18. The minimum atomic E-state index is -0.999. The molecule has 2 N–H and O–H groups in total. The van der Waals surface area contributed by atoms with Gasteiger partial charge < -0.3 is 15.2 Å². The molecular formula is C13H15NO4S. The first-order valence-corrected chi connectivity index (χ1v) is 6.88. The molecule has 1 saturated heterocycles. The van der Waals surface area contributed by atoms with Crippen LogP contribution in [-0.4, -0.2) is 36.7 Å². The quantitative estimate of drug-likeness (QED) is 0.804. The molecule has 0 saturated carbocycles. The van der Waals surface area contributed by atoms with Crippen LogP contribution in [0, 0.1) is 5.92 Å². The third-order valence-electron chi connectivity index (χ3n) is 2.85. The van der Waals surface area contributed by atoms with Crippen molar-refractivity contribution in [2.75, 3.05) is 19.8 Å². The van der Waals surface area contributed by atoms with Gasteiger partial charge in [0.1, 0.15) is 0 Å². The summed E-state index contributed by atoms with van der Waals surface area (Å²) in [6.07, 6.45) is 3.52. The van der Waals surface area contributed by atoms with Gasteiger partial charge in [0.15, 0.2) is 0 Å². The number of nitrogens with one attached hydrogen (secondary N) is 1. The van der Waals surface area contributed by atoms with Gasteiger partial charge in [0.05, 0.1) is 12.2 Å². The summed E-state index contributed by atoms with van der Waals surface area (Å²) in [6, 6.07) is 1.69. The maximum atomic E-state index is 11.9. The summed E-state index contributed by atoms with van der Waals surface area (Å²) in [4.78, 5) is 23.0. The van der Waals surface area contributed by atoms with E-state index in [1.807, 2.05) is 0 Å². The highest BCUT2D eigenvalue weighted by Gasteiger charge is 2.17. The molecule has 1 atom stereocenters. The van der Waals surface area contributed by atoms with Crippen molar-refractivity contribution < 1.29 is 19.4 Å². The van der Waals surface area contributed by atoms with Crippen molar-refractivity contribution in [1.29, 1.82) is 0 Å². The molecule has 0 bridgehead atoms. The number of carbonyl (C=O) groups is 2. The number of hydrogen-bond acceptors (Lipinski definition) is 4. The molecule has 1 aliphatic heterocycles. The van der Waals surface area contributed by atoms with Gasteiger partial charge in [0.25, 0.3) is 5.91 Å². The van der Waals surface area contributed by atoms with E-state index >= 15 is 0 Å². The van der Waals surface area contributed by atoms with E-state index in [1.165, 1.54) is 17.4 Å². The predicted molar refractivity (Wildman–Crippen MR) is 72.2 cm³/mol. The Hall–Kier alpha value is -1.66. The number of carbonyl (C=O) groups excluding carboxylic acids is 1. The second-order valence-corrected chi connectivity index (χ2v) is 5.29. The van der Waals surface area contributed by atoms with E-state index in [0.29, 0.717) is 24.6 Å². The second kappa shape index (κ2) is 6.49. The van der Waals surface area contributed by atoms with Crippen LogP contribution >= 0.6 is 11.3 Å². The average molecular weight is 281 g/mol. The Labute approximate surface area is 114 Å². The van der Waals surface area contributed by atoms with Gasteiger partial charge in [-0.1, -0.05) is 0 Å². The normalized spacial score (nSPS) is 18.8. The van der Waals surface area contributed by atoms with E-state index in [1.54, 1.807) is 11.4 Å². The number of amides is 1. The van der Waals surface area contributed by atoms with Crippen molar-refractivity contribution in [2.45, 2.75) is 6.42 Å². The number of rotatable bonds is 5. The summed E-state index contributed by atoms with van der Waals surface area (Å²) < 4.78 is 5.24. The zero-order valence-corrected chi connectivity index (χ0v) is 11.1. The zero-order valence-electron chi connectivity index (χ0n) is 10.3. The minimum absolute atomic E-state index is 0.127. The van der Waals surface area contributed by atoms with Crippen molar-refractivity contribution in [2.24, 2.45) is 5.92 Å². The van der Waals surface area contributed by atoms with Gasteiger partial charge in [-0.25, -0.2) is 4.79 Å². The SMILES string of the molecule is O=C(O)C=Cc1cc(C(=O)NCC2CCOC2)cs1. The largest absolute Gasteiger partial charge is 0.478 e. The fraction of sp³-hybridized carbons (Fsp3) is 0.385. The molecule has 1 unspecified atom stereocenters. The first kappa shape index (κ1) is 13.8. The van der Waals surface area contributed by atoms with Gasteiger partial charge >= 0.3 is 5.97 Å². The van der Waals surface area contributed by atoms with Crippen LogP contribution in [0.15, 0.2) is 17.5 Å². The van der Waals surface area contributed by atoms with Gasteiger partial charge in [-0.2, -0.15) is 0 Å². The standard InChI is InChI=1S/C13H15NO4S/c15-12(16)2-1-11-5-10(8-19-11)13(17)14-6-9-3-4-18-7-9/h1-2,5,8-9H,3-4,6-7H2,(H,14,17)(H,15,16). The molecule has 0 radical (unpaired) electrons. The summed E-state index contributed by atoms with van der Waals surface area (Å²) in [6.45, 7) is 2.09. The van der Waals surface area contributed by atoms with E-state index in [9.17, 15) is 9.59 Å². The zero-order chi connectivity index (χ0) is 13.7. The van der Waals surface area contributed by atoms with Crippen molar-refractivity contribution in [1.82, 2.24) is 5.32 Å². The molecule has 1 amide bonds. The highest BCUT2D eigenvalue weighted by Crippen LogP contribution is 2.17. The Morgan fingerprint density at radius 1 is 1.58 bits per heavy atom. The fourth-order valence-electron chi connectivity index (χ4n) is 1.80. The first-order chi connectivity index (χ1) is 9.15. The Morgan fingerprint density at radius 2 is 2.42 bits per heavy atom. The third-order valence-corrected chi connectivity index (χ3v) is 3.75. The number of thiophene rings is 1. The Bertz CT molecular complexity index is 489. The molecule has 0 spiro atoms. The fourth-order valence-corrected chi connectivity index (χ4v) is 2.58. The highest BCUT2D eigenvalue weighted by molar-refractivity contribution is 7.11. The molecule has 102 valence electrons. The van der Waals surface area contributed by atoms with Crippen LogP contribution in [0.3, 0.4) is 0 Å². The predicted octanol–water partition coefficient (Wildman–Crippen LogP) is 1.61. The van der Waals surface area contributed by atoms with Crippen LogP contribution in [0.2, 0.25) is 0 Å². The smallest absolute Gasteiger partial charge is 0.328 e. The lowest BCUT2D eigenvalue weighted by Gasteiger charge is -2.08. The van der Waals surface area contributed by atoms with Crippen molar-refractivity contribution in [3.05, 3.63) is 28.0 Å². The maximum Gasteiger partial charge on any atom is 0.328 e. The summed E-state index contributed by atoms with van der Waals surface area (Å²) in [7, 11) is 0. The lowest BCUT2D eigenvalue weighted by atomic mass is 10.1. The van der Waals surface area contributed by atoms with Crippen LogP contribution in [0.4, 0.5) is 0 Å². The molecule has 1 fully saturated rings. The van der Waals surface area contributed by atoms with E-state index in [-0.39, 0.29) is 5.91 Å². The monoisotopic (exact) mass is 281 g/mol. The van der Waals surface area contributed by atoms with Crippen LogP contribution in [0.1, 0.15) is 21.7 Å². The molecule has 6 heteroatoms. The van der Waals surface area contributed by atoms with Crippen LogP contribution in [0.5, 0.6) is 0 Å². The Morgan fingerprint density at radius 3 is 3.11 bits per heavy atom. The molecular weight excluding hydrogens is 266 g/mol. The Balaban J connectivity index is 1.86. The summed E-state index contributed by atoms with van der Waals surface area (Å²) in [5.41, 5.74) is 0.564. The summed E-state index contributed by atoms with van der Waals surface area (Å²) >= 11 is 1.34. The van der Waals surface area contributed by atoms with Crippen molar-refractivity contribution >= 4 is 29.3 Å². The lowest BCUT2D eigenvalue weighted by Crippen LogP contribution is -2.29. The number of hydrogen-bond donors (Lipinski definition) is 2. The molecule has 2 rings (SSSR count). The lowest BCUT2D eigenvalue weighted by molar-refractivity contribution is -0.131. The van der Waals surface area contributed by atoms with E-state index < -0.39 is 5.97 Å². The van der Waals surface area contributed by atoms with Gasteiger partial charge in [-0.3, -0.25) is 4.79 Å². The summed E-state index contributed by atoms with van der Waals surface area (Å²) in [5.74, 6) is -0.729. The molecule has 1 aromatic heterocycles. The van der Waals surface area contributed by atoms with Crippen LogP contribution < -0.4 is 5.32 Å². The molecule has 0 aromatic carbocycles. The molecule has 0 aliphatic carbocycles. The van der Waals surface area contributed by atoms with Crippen molar-refractivity contribution in [3.63, 3.8) is 0 Å². The minimum Gasteiger partial charge on any atom is -0.478 e. The summed E-state index contributed by atoms with van der Waals surface area (Å²) in [5, 5.41) is 13.1. The van der Waals surface area contributed by atoms with E-state index in [0.717, 1.165) is 24.0 Å². The number of ether oxygens (including phenoxy) is 1. The number of carboxylic acid groups (broad SMARTS) is 1. The molecule has 1 aliphatic rings.